The van der Waals surface area contributed by atoms with E-state index in [1.807, 2.05) is 0 Å². The lowest BCUT2D eigenvalue weighted by Gasteiger charge is -2.39. The lowest BCUT2D eigenvalue weighted by molar-refractivity contribution is -0.299. The van der Waals surface area contributed by atoms with Crippen molar-refractivity contribution in [3.63, 3.8) is 0 Å². The van der Waals surface area contributed by atoms with Gasteiger partial charge in [0.2, 0.25) is 5.91 Å². The van der Waals surface area contributed by atoms with Crippen molar-refractivity contribution in [2.75, 3.05) is 26.4 Å². The number of amides is 1. The Morgan fingerprint density at radius 2 is 1.85 bits per heavy atom. The maximum absolute atomic E-state index is 11.9. The Kier molecular flexibility index (Phi) is 8.01. The standard InChI is InChI=1S/C19H26N4O10/c1-22-19(30)23(18(29)21-22)10-2-4-11(5-3-10)31-7-6-20-13(25)9-32-17-16(28)15(27)14(26)12(8-24)33-17/h2-5,12,14-17,24,26-28H,6-9H2,1H3,(H,20,25)(H,21,29)/t12-,14-,15+,16-,17-/m1/s1. The van der Waals surface area contributed by atoms with Crippen LogP contribution in [0.15, 0.2) is 33.9 Å². The SMILES string of the molecule is Cn1[nH]c(=O)n(-c2ccc(OCCNC(=O)CO[C@@H]3O[C@H](CO)[C@@H](O)[C@H](O)[C@H]3O)cc2)c1=O. The van der Waals surface area contributed by atoms with Crippen LogP contribution in [0.1, 0.15) is 0 Å². The molecule has 1 aromatic heterocycles. The zero-order valence-electron chi connectivity index (χ0n) is 17.7. The predicted molar refractivity (Wildman–Crippen MR) is 110 cm³/mol. The molecule has 0 unspecified atom stereocenters. The number of carbonyl (C=O) groups excluding carboxylic acids is 1. The van der Waals surface area contributed by atoms with Crippen LogP contribution in [-0.2, 0) is 21.3 Å². The Morgan fingerprint density at radius 1 is 1.15 bits per heavy atom. The van der Waals surface area contributed by atoms with E-state index in [0.29, 0.717) is 11.4 Å². The van der Waals surface area contributed by atoms with Gasteiger partial charge in [-0.1, -0.05) is 0 Å². The summed E-state index contributed by atoms with van der Waals surface area (Å²) in [6.45, 7) is -0.876. The average Bonchev–Trinajstić information content (AvgIpc) is 3.06. The minimum atomic E-state index is -1.59. The van der Waals surface area contributed by atoms with Crippen LogP contribution in [0.2, 0.25) is 0 Å². The van der Waals surface area contributed by atoms with Crippen molar-refractivity contribution in [1.82, 2.24) is 19.7 Å². The summed E-state index contributed by atoms with van der Waals surface area (Å²) in [6, 6.07) is 6.22. The molecule has 33 heavy (non-hydrogen) atoms. The van der Waals surface area contributed by atoms with E-state index in [0.717, 1.165) is 9.25 Å². The number of benzene rings is 1. The van der Waals surface area contributed by atoms with E-state index in [9.17, 15) is 29.7 Å². The van der Waals surface area contributed by atoms with Crippen LogP contribution >= 0.6 is 0 Å². The lowest BCUT2D eigenvalue weighted by Crippen LogP contribution is -2.59. The number of aromatic nitrogens is 3. The molecule has 0 radical (unpaired) electrons. The van der Waals surface area contributed by atoms with E-state index >= 15 is 0 Å². The van der Waals surface area contributed by atoms with E-state index < -0.39 is 61.2 Å². The van der Waals surface area contributed by atoms with Crippen molar-refractivity contribution in [1.29, 1.82) is 0 Å². The van der Waals surface area contributed by atoms with Gasteiger partial charge in [-0.2, -0.15) is 0 Å². The Bertz CT molecular complexity index is 1040. The van der Waals surface area contributed by atoms with Gasteiger partial charge in [0.1, 0.15) is 43.4 Å². The second-order valence-corrected chi connectivity index (χ2v) is 7.29. The molecule has 2 aromatic rings. The fourth-order valence-corrected chi connectivity index (χ4v) is 3.17. The number of ether oxygens (including phenoxy) is 3. The Balaban J connectivity index is 1.41. The largest absolute Gasteiger partial charge is 0.492 e. The van der Waals surface area contributed by atoms with Crippen LogP contribution in [0.4, 0.5) is 0 Å². The fourth-order valence-electron chi connectivity index (χ4n) is 3.17. The first kappa shape index (κ1) is 24.6. The van der Waals surface area contributed by atoms with Crippen LogP contribution < -0.4 is 21.4 Å². The van der Waals surface area contributed by atoms with Gasteiger partial charge in [-0.25, -0.2) is 23.9 Å². The topological polar surface area (TPSA) is 198 Å². The first-order valence-corrected chi connectivity index (χ1v) is 10.0. The third-order valence-corrected chi connectivity index (χ3v) is 4.96. The van der Waals surface area contributed by atoms with Crippen molar-refractivity contribution in [2.24, 2.45) is 7.05 Å². The summed E-state index contributed by atoms with van der Waals surface area (Å²) in [6.07, 6.45) is -7.23. The van der Waals surface area contributed by atoms with Crippen molar-refractivity contribution in [2.45, 2.75) is 30.7 Å². The van der Waals surface area contributed by atoms with E-state index in [1.165, 1.54) is 7.05 Å². The Hall–Kier alpha value is -3.01. The zero-order chi connectivity index (χ0) is 24.1. The number of rotatable bonds is 9. The third-order valence-electron chi connectivity index (χ3n) is 4.96. The first-order valence-electron chi connectivity index (χ1n) is 10.0. The van der Waals surface area contributed by atoms with E-state index in [4.69, 9.17) is 19.3 Å². The van der Waals surface area contributed by atoms with Crippen LogP contribution in [0, 0.1) is 0 Å². The summed E-state index contributed by atoms with van der Waals surface area (Å²) >= 11 is 0. The van der Waals surface area contributed by atoms with Crippen LogP contribution in [0.25, 0.3) is 5.69 Å². The van der Waals surface area contributed by atoms with Gasteiger partial charge in [0.15, 0.2) is 6.29 Å². The van der Waals surface area contributed by atoms with Gasteiger partial charge >= 0.3 is 11.4 Å². The number of aromatic amines is 1. The molecule has 1 fully saturated rings. The second-order valence-electron chi connectivity index (χ2n) is 7.29. The summed E-state index contributed by atoms with van der Waals surface area (Å²) in [4.78, 5) is 35.7. The summed E-state index contributed by atoms with van der Waals surface area (Å²) < 4.78 is 17.8. The summed E-state index contributed by atoms with van der Waals surface area (Å²) in [5.41, 5.74) is -0.708. The molecule has 5 atom stereocenters. The zero-order valence-corrected chi connectivity index (χ0v) is 17.7. The number of aliphatic hydroxyl groups is 4. The van der Waals surface area contributed by atoms with Crippen molar-refractivity contribution in [3.8, 4) is 11.4 Å². The molecule has 1 aromatic carbocycles. The smallest absolute Gasteiger partial charge is 0.351 e. The molecule has 0 aliphatic carbocycles. The highest BCUT2D eigenvalue weighted by atomic mass is 16.7. The minimum absolute atomic E-state index is 0.108. The number of aliphatic hydroxyl groups excluding tert-OH is 4. The average molecular weight is 470 g/mol. The normalized spacial score (nSPS) is 25.1. The molecule has 182 valence electrons. The number of H-pyrrole nitrogens is 1. The molecule has 1 amide bonds. The van der Waals surface area contributed by atoms with E-state index in [2.05, 4.69) is 10.4 Å². The number of aryl methyl sites for hydroxylation is 1. The maximum Gasteiger partial charge on any atom is 0.351 e. The molecule has 14 heteroatoms. The number of nitrogens with zero attached hydrogens (tertiary/aromatic N) is 2. The third kappa shape index (κ3) is 5.68. The van der Waals surface area contributed by atoms with E-state index in [1.54, 1.807) is 24.3 Å². The number of hydrogen-bond acceptors (Lipinski definition) is 10. The molecular weight excluding hydrogens is 444 g/mol. The highest BCUT2D eigenvalue weighted by Gasteiger charge is 2.44. The maximum atomic E-state index is 11.9. The molecule has 0 saturated carbocycles. The highest BCUT2D eigenvalue weighted by Crippen LogP contribution is 2.21. The molecular formula is C19H26N4O10. The Labute approximate surface area is 186 Å². The molecule has 1 aliphatic heterocycles. The van der Waals surface area contributed by atoms with Gasteiger partial charge in [-0.15, -0.1) is 0 Å². The molecule has 3 rings (SSSR count). The summed E-state index contributed by atoms with van der Waals surface area (Å²) in [5, 5.41) is 43.3. The molecule has 0 spiro atoms. The summed E-state index contributed by atoms with van der Waals surface area (Å²) in [5.74, 6) is -0.0976. The van der Waals surface area contributed by atoms with Crippen molar-refractivity contribution >= 4 is 5.91 Å². The van der Waals surface area contributed by atoms with Crippen molar-refractivity contribution < 1.29 is 39.4 Å². The first-order chi connectivity index (χ1) is 15.7. The molecule has 1 saturated heterocycles. The quantitative estimate of drug-likeness (QED) is 0.197. The second kappa shape index (κ2) is 10.7. The van der Waals surface area contributed by atoms with Gasteiger partial charge in [0.25, 0.3) is 0 Å². The molecule has 2 heterocycles. The molecule has 6 N–H and O–H groups in total. The number of carbonyl (C=O) groups is 1. The number of nitrogens with one attached hydrogen (secondary N) is 2. The number of hydrogen-bond donors (Lipinski definition) is 6. The van der Waals surface area contributed by atoms with E-state index in [-0.39, 0.29) is 13.2 Å². The highest BCUT2D eigenvalue weighted by molar-refractivity contribution is 5.77. The van der Waals surface area contributed by atoms with Gasteiger partial charge in [-0.3, -0.25) is 4.79 Å². The fraction of sp³-hybridized carbons (Fsp3) is 0.526. The predicted octanol–water partition coefficient (Wildman–Crippen LogP) is -3.82. The van der Waals surface area contributed by atoms with Crippen LogP contribution in [0.5, 0.6) is 5.75 Å². The van der Waals surface area contributed by atoms with Crippen LogP contribution in [0.3, 0.4) is 0 Å². The molecule has 14 nitrogen and oxygen atoms in total. The van der Waals surface area contributed by atoms with Gasteiger partial charge in [-0.05, 0) is 24.3 Å². The van der Waals surface area contributed by atoms with Gasteiger partial charge in [0.05, 0.1) is 18.8 Å². The van der Waals surface area contributed by atoms with Crippen molar-refractivity contribution in [3.05, 3.63) is 45.2 Å². The monoisotopic (exact) mass is 470 g/mol. The minimum Gasteiger partial charge on any atom is -0.492 e. The van der Waals surface area contributed by atoms with Gasteiger partial charge in [0, 0.05) is 7.05 Å². The van der Waals surface area contributed by atoms with Gasteiger partial charge < -0.3 is 40.0 Å². The molecule has 0 bridgehead atoms. The van der Waals surface area contributed by atoms with Crippen LogP contribution in [-0.4, -0.2) is 97.8 Å². The lowest BCUT2D eigenvalue weighted by atomic mass is 9.99. The Morgan fingerprint density at radius 3 is 2.45 bits per heavy atom. The molecule has 1 aliphatic rings. The summed E-state index contributed by atoms with van der Waals surface area (Å²) in [7, 11) is 1.43.